The van der Waals surface area contributed by atoms with E-state index in [0.29, 0.717) is 24.5 Å². The first-order chi connectivity index (χ1) is 24.6. The number of hydrogen-bond acceptors (Lipinski definition) is 8. The molecule has 2 aromatic rings. The van der Waals surface area contributed by atoms with Gasteiger partial charge in [0.05, 0.1) is 31.2 Å². The van der Waals surface area contributed by atoms with Crippen molar-refractivity contribution in [2.75, 3.05) is 34.4 Å². The third kappa shape index (κ3) is 4.91. The zero-order valence-electron chi connectivity index (χ0n) is 29.6. The second-order valence-corrected chi connectivity index (χ2v) is 17.8. The highest BCUT2D eigenvalue weighted by Crippen LogP contribution is 2.56. The Labute approximate surface area is 298 Å². The first-order valence-electron chi connectivity index (χ1n) is 18.6. The monoisotopic (exact) mass is 714 g/mol. The Morgan fingerprint density at radius 2 is 1.71 bits per heavy atom. The maximum Gasteiger partial charge on any atom is 0.329 e. The molecule has 12 heteroatoms. The number of benzene rings is 1. The highest BCUT2D eigenvalue weighted by molar-refractivity contribution is 7.92. The summed E-state index contributed by atoms with van der Waals surface area (Å²) in [6, 6.07) is 6.84. The topological polar surface area (TPSA) is 127 Å². The third-order valence-electron chi connectivity index (χ3n) is 13.0. The average Bonchev–Trinajstić information content (AvgIpc) is 4.03. The van der Waals surface area contributed by atoms with Crippen LogP contribution in [0.2, 0.25) is 0 Å². The van der Waals surface area contributed by atoms with Crippen molar-refractivity contribution in [2.24, 2.45) is 5.92 Å². The van der Waals surface area contributed by atoms with Crippen LogP contribution in [0.5, 0.6) is 5.75 Å². The van der Waals surface area contributed by atoms with E-state index >= 15 is 0 Å². The van der Waals surface area contributed by atoms with Gasteiger partial charge in [0.2, 0.25) is 5.91 Å². The average molecular weight is 715 g/mol. The number of likely N-dealkylation sites (tertiary alicyclic amines) is 1. The van der Waals surface area contributed by atoms with Crippen LogP contribution in [-0.2, 0) is 35.7 Å². The van der Waals surface area contributed by atoms with Crippen LogP contribution in [0.25, 0.3) is 10.9 Å². The zero-order chi connectivity index (χ0) is 35.4. The lowest BCUT2D eigenvalue weighted by Gasteiger charge is -2.43. The number of piperazine rings is 1. The van der Waals surface area contributed by atoms with Gasteiger partial charge in [-0.25, -0.2) is 13.1 Å². The fourth-order valence-electron chi connectivity index (χ4n) is 10.3. The minimum absolute atomic E-state index is 0.107. The molecule has 4 atom stereocenters. The number of amides is 2. The summed E-state index contributed by atoms with van der Waals surface area (Å²) in [4.78, 5) is 45.9. The normalized spacial score (nSPS) is 28.2. The van der Waals surface area contributed by atoms with Gasteiger partial charge in [0.15, 0.2) is 4.75 Å². The number of carbonyl (C=O) groups is 3. The quantitative estimate of drug-likeness (QED) is 0.418. The van der Waals surface area contributed by atoms with Crippen LogP contribution in [0.15, 0.2) is 52.6 Å². The van der Waals surface area contributed by atoms with Crippen LogP contribution < -0.4 is 9.46 Å². The lowest BCUT2D eigenvalue weighted by molar-refractivity contribution is -0.142. The molecule has 4 aliphatic carbocycles. The van der Waals surface area contributed by atoms with Gasteiger partial charge in [-0.15, -0.1) is 0 Å². The Morgan fingerprint density at radius 3 is 2.37 bits per heavy atom. The van der Waals surface area contributed by atoms with Crippen LogP contribution in [0.3, 0.4) is 0 Å². The van der Waals surface area contributed by atoms with E-state index in [1.165, 1.54) is 24.8 Å². The van der Waals surface area contributed by atoms with E-state index in [0.717, 1.165) is 84.9 Å². The molecule has 2 bridgehead atoms. The highest BCUT2D eigenvalue weighted by atomic mass is 32.2. The van der Waals surface area contributed by atoms with Crippen molar-refractivity contribution in [2.45, 2.75) is 99.4 Å². The molecule has 3 unspecified atom stereocenters. The SMILES string of the molecule is COC(=O)C1(S(=O)(=O)NC(=O)C2=C3Cn4c(cc5c(OC)ccc(C6CCCCC6)c54)C4C(=C32)C=CC[C@H]4C(=O)N2C3CCC2CN(C)C3)CC1. The van der Waals surface area contributed by atoms with E-state index in [4.69, 9.17) is 9.47 Å². The molecule has 0 spiro atoms. The number of carbonyl (C=O) groups excluding carboxylic acids is 3. The molecule has 4 heterocycles. The van der Waals surface area contributed by atoms with Gasteiger partial charge in [-0.05, 0) is 92.3 Å². The molecule has 9 rings (SSSR count). The summed E-state index contributed by atoms with van der Waals surface area (Å²) < 4.78 is 40.6. The van der Waals surface area contributed by atoms with Crippen LogP contribution in [-0.4, -0.2) is 91.8 Å². The van der Waals surface area contributed by atoms with E-state index in [-0.39, 0.29) is 42.7 Å². The summed E-state index contributed by atoms with van der Waals surface area (Å²) in [5.74, 6) is -0.977. The summed E-state index contributed by atoms with van der Waals surface area (Å²) >= 11 is 0. The number of rotatable bonds is 7. The number of methoxy groups -OCH3 is 2. The number of nitrogens with zero attached hydrogens (tertiary/aromatic N) is 3. The van der Waals surface area contributed by atoms with E-state index in [1.54, 1.807) is 7.11 Å². The second-order valence-electron chi connectivity index (χ2n) is 15.8. The molecule has 11 nitrogen and oxygen atoms in total. The number of ether oxygens (including phenoxy) is 2. The Bertz CT molecular complexity index is 2070. The Kier molecular flexibility index (Phi) is 7.64. The third-order valence-corrected chi connectivity index (χ3v) is 15.0. The molecule has 3 aliphatic heterocycles. The predicted octanol–water partition coefficient (Wildman–Crippen LogP) is 4.43. The molecule has 1 aromatic carbocycles. The van der Waals surface area contributed by atoms with Gasteiger partial charge in [-0.2, -0.15) is 0 Å². The summed E-state index contributed by atoms with van der Waals surface area (Å²) in [5.41, 5.74) is 6.11. The second kappa shape index (κ2) is 11.8. The summed E-state index contributed by atoms with van der Waals surface area (Å²) in [7, 11) is 0.629. The zero-order valence-corrected chi connectivity index (χ0v) is 30.4. The number of esters is 1. The Balaban J connectivity index is 1.18. The maximum absolute atomic E-state index is 14.9. The van der Waals surface area contributed by atoms with Crippen molar-refractivity contribution < 1.29 is 32.3 Å². The number of fused-ring (bicyclic) bond motifs is 8. The molecule has 1 aromatic heterocycles. The first kappa shape index (κ1) is 33.0. The summed E-state index contributed by atoms with van der Waals surface area (Å²) in [5, 5.41) is 1.00. The van der Waals surface area contributed by atoms with Crippen molar-refractivity contribution in [3.05, 3.63) is 63.9 Å². The smallest absolute Gasteiger partial charge is 0.329 e. The van der Waals surface area contributed by atoms with Gasteiger partial charge >= 0.3 is 5.97 Å². The number of hydrogen-bond donors (Lipinski definition) is 1. The fourth-order valence-corrected chi connectivity index (χ4v) is 11.8. The predicted molar refractivity (Wildman–Crippen MR) is 191 cm³/mol. The van der Waals surface area contributed by atoms with Gasteiger partial charge in [-0.1, -0.05) is 37.5 Å². The number of likely N-dealkylation sites (N-methyl/N-ethyl adjacent to an activating group) is 1. The van der Waals surface area contributed by atoms with E-state index in [2.05, 4.69) is 44.3 Å². The minimum Gasteiger partial charge on any atom is -0.496 e. The molecular formula is C39H46N4O7S. The van der Waals surface area contributed by atoms with Crippen LogP contribution in [0, 0.1) is 5.92 Å². The maximum atomic E-state index is 14.9. The first-order valence-corrected chi connectivity index (χ1v) is 20.1. The van der Waals surface area contributed by atoms with Gasteiger partial charge < -0.3 is 23.8 Å². The molecule has 2 saturated carbocycles. The summed E-state index contributed by atoms with van der Waals surface area (Å²) in [6.07, 6.45) is 12.7. The van der Waals surface area contributed by atoms with Crippen molar-refractivity contribution >= 4 is 38.7 Å². The van der Waals surface area contributed by atoms with Crippen molar-refractivity contribution in [1.29, 1.82) is 0 Å². The van der Waals surface area contributed by atoms with Crippen molar-refractivity contribution in [1.82, 2.24) is 19.1 Å². The van der Waals surface area contributed by atoms with E-state index < -0.39 is 26.6 Å². The molecule has 0 radical (unpaired) electrons. The van der Waals surface area contributed by atoms with Gasteiger partial charge in [-0.3, -0.25) is 14.4 Å². The van der Waals surface area contributed by atoms with Gasteiger partial charge in [0.25, 0.3) is 15.9 Å². The molecule has 2 saturated heterocycles. The van der Waals surface area contributed by atoms with Gasteiger partial charge in [0.1, 0.15) is 5.75 Å². The molecule has 1 N–H and O–H groups in total. The molecule has 4 fully saturated rings. The molecule has 270 valence electrons. The molecular weight excluding hydrogens is 669 g/mol. The van der Waals surface area contributed by atoms with Crippen LogP contribution in [0.4, 0.5) is 0 Å². The summed E-state index contributed by atoms with van der Waals surface area (Å²) in [6.45, 7) is 2.10. The fraction of sp³-hybridized carbons (Fsp3) is 0.564. The highest BCUT2D eigenvalue weighted by Gasteiger charge is 2.63. The minimum atomic E-state index is -4.35. The Hall–Kier alpha value is -3.90. The lowest BCUT2D eigenvalue weighted by atomic mass is 9.75. The van der Waals surface area contributed by atoms with Crippen molar-refractivity contribution in [3.8, 4) is 5.75 Å². The molecule has 7 aliphatic rings. The number of aromatic nitrogens is 1. The number of nitrogens with one attached hydrogen (secondary N) is 1. The van der Waals surface area contributed by atoms with Crippen LogP contribution in [0.1, 0.15) is 87.3 Å². The molecule has 2 amide bonds. The molecule has 51 heavy (non-hydrogen) atoms. The van der Waals surface area contributed by atoms with E-state index in [1.807, 2.05) is 12.2 Å². The largest absolute Gasteiger partial charge is 0.496 e. The van der Waals surface area contributed by atoms with E-state index in [9.17, 15) is 22.8 Å². The Morgan fingerprint density at radius 1 is 0.980 bits per heavy atom. The number of sulfonamides is 1. The standard InChI is InChI=1S/C39H46N4O7S/c1-41-19-23-12-13-24(20-41)43(23)37(45)27-11-7-10-26-32(27)30-18-28-31(49-2)15-14-25(22-8-5-4-6-9-22)35(28)42(30)21-29-33(26)34(29)36(44)40-51(47,48)39(16-17-39)38(46)50-3/h7,10,14-15,18,22-24,27,32H,4-6,8-9,11-13,16-17,19-21H2,1-3H3,(H,40,44)/t23?,24?,27-,32?/m1/s1. The van der Waals surface area contributed by atoms with Crippen molar-refractivity contribution in [3.63, 3.8) is 0 Å². The van der Waals surface area contributed by atoms with Gasteiger partial charge in [0, 0.05) is 48.7 Å². The lowest BCUT2D eigenvalue weighted by Crippen LogP contribution is -2.56. The van der Waals surface area contributed by atoms with Crippen LogP contribution >= 0.6 is 0 Å². The number of allylic oxidation sites excluding steroid dienone is 4.